The van der Waals surface area contributed by atoms with E-state index in [0.717, 1.165) is 35.7 Å². The Morgan fingerprint density at radius 2 is 1.83 bits per heavy atom. The molecule has 1 atom stereocenters. The summed E-state index contributed by atoms with van der Waals surface area (Å²) < 4.78 is 26.5. The monoisotopic (exact) mass is 312 g/mol. The Morgan fingerprint density at radius 3 is 2.65 bits per heavy atom. The van der Waals surface area contributed by atoms with Crippen LogP contribution in [0, 0.1) is 11.6 Å². The number of aryl methyl sites for hydroxylation is 1. The molecule has 4 heteroatoms. The molecule has 2 nitrogen and oxygen atoms in total. The van der Waals surface area contributed by atoms with Crippen LogP contribution in [0.1, 0.15) is 35.7 Å². The molecule has 1 aliphatic carbocycles. The molecule has 0 aliphatic heterocycles. The van der Waals surface area contributed by atoms with Gasteiger partial charge in [0.1, 0.15) is 11.6 Å². The van der Waals surface area contributed by atoms with Crippen LogP contribution in [0.5, 0.6) is 0 Å². The van der Waals surface area contributed by atoms with Crippen LogP contribution in [-0.2, 0) is 13.0 Å². The lowest BCUT2D eigenvalue weighted by Gasteiger charge is -2.24. The number of halogens is 2. The molecule has 1 heterocycles. The van der Waals surface area contributed by atoms with Gasteiger partial charge in [0, 0.05) is 29.2 Å². The molecule has 4 rings (SSSR count). The van der Waals surface area contributed by atoms with Crippen LogP contribution in [0.4, 0.5) is 8.78 Å². The molecule has 2 N–H and O–H groups in total. The number of rotatable bonds is 3. The molecule has 0 fully saturated rings. The van der Waals surface area contributed by atoms with E-state index in [0.29, 0.717) is 6.54 Å². The third kappa shape index (κ3) is 2.75. The SMILES string of the molecule is Fc1ccc(CNC2CCCc3c2[nH]c2ccc(F)cc32)cc1. The zero-order valence-corrected chi connectivity index (χ0v) is 12.7. The maximum absolute atomic E-state index is 13.5. The van der Waals surface area contributed by atoms with Gasteiger partial charge in [-0.05, 0) is 60.7 Å². The number of aromatic amines is 1. The highest BCUT2D eigenvalue weighted by molar-refractivity contribution is 5.85. The average Bonchev–Trinajstić information content (AvgIpc) is 2.93. The number of nitrogens with one attached hydrogen (secondary N) is 2. The molecule has 23 heavy (non-hydrogen) atoms. The Morgan fingerprint density at radius 1 is 1.04 bits per heavy atom. The van der Waals surface area contributed by atoms with E-state index in [-0.39, 0.29) is 17.7 Å². The van der Waals surface area contributed by atoms with Crippen LogP contribution < -0.4 is 5.32 Å². The molecule has 0 amide bonds. The highest BCUT2D eigenvalue weighted by Crippen LogP contribution is 2.35. The van der Waals surface area contributed by atoms with Gasteiger partial charge in [0.2, 0.25) is 0 Å². The van der Waals surface area contributed by atoms with E-state index in [1.165, 1.54) is 29.5 Å². The number of aromatic nitrogens is 1. The van der Waals surface area contributed by atoms with E-state index < -0.39 is 0 Å². The summed E-state index contributed by atoms with van der Waals surface area (Å²) in [4.78, 5) is 3.45. The van der Waals surface area contributed by atoms with Crippen molar-refractivity contribution >= 4 is 10.9 Å². The average molecular weight is 312 g/mol. The van der Waals surface area contributed by atoms with Crippen molar-refractivity contribution in [3.05, 3.63) is 70.9 Å². The van der Waals surface area contributed by atoms with E-state index in [1.54, 1.807) is 24.3 Å². The largest absolute Gasteiger partial charge is 0.357 e. The minimum atomic E-state index is -0.216. The summed E-state index contributed by atoms with van der Waals surface area (Å²) in [7, 11) is 0. The molecule has 1 aromatic heterocycles. The second-order valence-corrected chi connectivity index (χ2v) is 6.16. The highest BCUT2D eigenvalue weighted by Gasteiger charge is 2.24. The second-order valence-electron chi connectivity index (χ2n) is 6.16. The highest BCUT2D eigenvalue weighted by atomic mass is 19.1. The standard InChI is InChI=1S/C19H18F2N2/c20-13-6-4-12(5-7-13)11-22-18-3-1-2-15-16-10-14(21)8-9-17(16)23-19(15)18/h4-10,18,22-23H,1-3,11H2. The van der Waals surface area contributed by atoms with E-state index >= 15 is 0 Å². The first-order chi connectivity index (χ1) is 11.2. The molecule has 3 aromatic rings. The zero-order valence-electron chi connectivity index (χ0n) is 12.7. The Balaban J connectivity index is 1.60. The predicted octanol–water partition coefficient (Wildman–Crippen LogP) is 4.61. The lowest BCUT2D eigenvalue weighted by molar-refractivity contribution is 0.452. The molecule has 2 aromatic carbocycles. The summed E-state index contributed by atoms with van der Waals surface area (Å²) >= 11 is 0. The lowest BCUT2D eigenvalue weighted by Crippen LogP contribution is -2.24. The van der Waals surface area contributed by atoms with Gasteiger partial charge in [-0.15, -0.1) is 0 Å². The molecule has 1 aliphatic rings. The molecule has 0 saturated carbocycles. The van der Waals surface area contributed by atoms with Crippen LogP contribution in [0.2, 0.25) is 0 Å². The first-order valence-electron chi connectivity index (χ1n) is 7.98. The number of H-pyrrole nitrogens is 1. The first-order valence-corrected chi connectivity index (χ1v) is 7.98. The van der Waals surface area contributed by atoms with E-state index in [9.17, 15) is 8.78 Å². The predicted molar refractivity (Wildman–Crippen MR) is 87.2 cm³/mol. The van der Waals surface area contributed by atoms with Gasteiger partial charge in [0.05, 0.1) is 0 Å². The number of hydrogen-bond donors (Lipinski definition) is 2. The quantitative estimate of drug-likeness (QED) is 0.726. The maximum Gasteiger partial charge on any atom is 0.123 e. The maximum atomic E-state index is 13.5. The Hall–Kier alpha value is -2.20. The van der Waals surface area contributed by atoms with Crippen molar-refractivity contribution in [1.82, 2.24) is 10.3 Å². The summed E-state index contributed by atoms with van der Waals surface area (Å²) in [5.74, 6) is -0.410. The molecule has 1 unspecified atom stereocenters. The van der Waals surface area contributed by atoms with Gasteiger partial charge in [-0.25, -0.2) is 8.78 Å². The molecule has 118 valence electrons. The third-order valence-electron chi connectivity index (χ3n) is 4.64. The summed E-state index contributed by atoms with van der Waals surface area (Å²) in [5, 5.41) is 4.54. The molecular formula is C19H18F2N2. The van der Waals surface area contributed by atoms with Crippen molar-refractivity contribution < 1.29 is 8.78 Å². The van der Waals surface area contributed by atoms with Crippen LogP contribution in [0.3, 0.4) is 0 Å². The summed E-state index contributed by atoms with van der Waals surface area (Å²) in [5.41, 5.74) is 4.44. The van der Waals surface area contributed by atoms with Gasteiger partial charge >= 0.3 is 0 Å². The first kappa shape index (κ1) is 14.4. The van der Waals surface area contributed by atoms with Crippen LogP contribution >= 0.6 is 0 Å². The fourth-order valence-electron chi connectivity index (χ4n) is 3.48. The van der Waals surface area contributed by atoms with Crippen molar-refractivity contribution in [2.75, 3.05) is 0 Å². The minimum Gasteiger partial charge on any atom is -0.357 e. The van der Waals surface area contributed by atoms with Crippen LogP contribution in [0.25, 0.3) is 10.9 Å². The van der Waals surface area contributed by atoms with Crippen molar-refractivity contribution in [3.8, 4) is 0 Å². The van der Waals surface area contributed by atoms with E-state index in [2.05, 4.69) is 10.3 Å². The van der Waals surface area contributed by atoms with Gasteiger partial charge in [0.15, 0.2) is 0 Å². The van der Waals surface area contributed by atoms with Crippen LogP contribution in [-0.4, -0.2) is 4.98 Å². The summed E-state index contributed by atoms with van der Waals surface area (Å²) in [6.07, 6.45) is 3.11. The normalized spacial score (nSPS) is 17.4. The Labute approximate surface area is 133 Å². The topological polar surface area (TPSA) is 27.8 Å². The van der Waals surface area contributed by atoms with E-state index in [1.807, 2.05) is 0 Å². The minimum absolute atomic E-state index is 0.194. The Kier molecular flexibility index (Phi) is 3.62. The van der Waals surface area contributed by atoms with Gasteiger partial charge < -0.3 is 10.3 Å². The second kappa shape index (κ2) is 5.78. The molecule has 0 saturated heterocycles. The number of benzene rings is 2. The summed E-state index contributed by atoms with van der Waals surface area (Å²) in [6.45, 7) is 0.689. The van der Waals surface area contributed by atoms with Crippen molar-refractivity contribution in [2.45, 2.75) is 31.8 Å². The fraction of sp³-hybridized carbons (Fsp3) is 0.263. The van der Waals surface area contributed by atoms with Crippen LogP contribution in [0.15, 0.2) is 42.5 Å². The molecule has 0 bridgehead atoms. The van der Waals surface area contributed by atoms with Gasteiger partial charge in [-0.2, -0.15) is 0 Å². The van der Waals surface area contributed by atoms with Crippen molar-refractivity contribution in [1.29, 1.82) is 0 Å². The molecular weight excluding hydrogens is 294 g/mol. The number of hydrogen-bond acceptors (Lipinski definition) is 1. The molecule has 0 spiro atoms. The van der Waals surface area contributed by atoms with Gasteiger partial charge in [0.25, 0.3) is 0 Å². The lowest BCUT2D eigenvalue weighted by atomic mass is 9.91. The zero-order chi connectivity index (χ0) is 15.8. The molecule has 0 radical (unpaired) electrons. The number of fused-ring (bicyclic) bond motifs is 3. The van der Waals surface area contributed by atoms with Gasteiger partial charge in [-0.1, -0.05) is 12.1 Å². The van der Waals surface area contributed by atoms with Crippen molar-refractivity contribution in [3.63, 3.8) is 0 Å². The van der Waals surface area contributed by atoms with E-state index in [4.69, 9.17) is 0 Å². The summed E-state index contributed by atoms with van der Waals surface area (Å²) in [6, 6.07) is 11.7. The Bertz CT molecular complexity index is 836. The van der Waals surface area contributed by atoms with Gasteiger partial charge in [-0.3, -0.25) is 0 Å². The smallest absolute Gasteiger partial charge is 0.123 e. The third-order valence-corrected chi connectivity index (χ3v) is 4.64. The fourth-order valence-corrected chi connectivity index (χ4v) is 3.48. The van der Waals surface area contributed by atoms with Crippen molar-refractivity contribution in [2.24, 2.45) is 0 Å².